The van der Waals surface area contributed by atoms with Crippen molar-refractivity contribution < 1.29 is 14.6 Å². The van der Waals surface area contributed by atoms with Crippen LogP contribution in [0.2, 0.25) is 0 Å². The Morgan fingerprint density at radius 1 is 1.40 bits per heavy atom. The van der Waals surface area contributed by atoms with Gasteiger partial charge in [-0.25, -0.2) is 9.97 Å². The van der Waals surface area contributed by atoms with Gasteiger partial charge in [-0.2, -0.15) is 0 Å². The second kappa shape index (κ2) is 7.02. The first-order valence-corrected chi connectivity index (χ1v) is 8.05. The third kappa shape index (κ3) is 3.69. The summed E-state index contributed by atoms with van der Waals surface area (Å²) in [5.41, 5.74) is 7.26. The molecule has 1 aliphatic rings. The molecule has 0 aromatic carbocycles. The molecule has 2 heterocycles. The number of rotatable bonds is 5. The lowest BCUT2D eigenvalue weighted by molar-refractivity contribution is 0.0234. The number of hydrogen-bond donors (Lipinski definition) is 3. The van der Waals surface area contributed by atoms with Crippen molar-refractivity contribution in [3.05, 3.63) is 41.5 Å². The van der Waals surface area contributed by atoms with Crippen LogP contribution in [0.3, 0.4) is 0 Å². The number of carbonyl (C=O) groups is 1. The van der Waals surface area contributed by atoms with Crippen LogP contribution in [0.25, 0.3) is 0 Å². The van der Waals surface area contributed by atoms with E-state index in [9.17, 15) is 9.90 Å². The van der Waals surface area contributed by atoms with Gasteiger partial charge in [0.1, 0.15) is 5.75 Å². The predicted octanol–water partition coefficient (Wildman–Crippen LogP) is 1.01. The molecule has 0 spiro atoms. The number of aromatic nitrogens is 3. The van der Waals surface area contributed by atoms with Gasteiger partial charge in [0, 0.05) is 12.4 Å². The molecule has 0 saturated heterocycles. The SMILES string of the molecule is COc1cncc(C(NC(=O)c2cnc(N)nc2C)C2CC(O)C2)c1. The van der Waals surface area contributed by atoms with E-state index in [0.717, 1.165) is 5.56 Å². The summed E-state index contributed by atoms with van der Waals surface area (Å²) >= 11 is 0. The maximum absolute atomic E-state index is 12.7. The Kier molecular flexibility index (Phi) is 4.80. The van der Waals surface area contributed by atoms with Crippen LogP contribution in [0.4, 0.5) is 5.95 Å². The van der Waals surface area contributed by atoms with Crippen molar-refractivity contribution in [2.75, 3.05) is 12.8 Å². The van der Waals surface area contributed by atoms with E-state index >= 15 is 0 Å². The number of aryl methyl sites for hydroxylation is 1. The molecule has 1 fully saturated rings. The molecule has 1 aliphatic carbocycles. The highest BCUT2D eigenvalue weighted by Crippen LogP contribution is 2.38. The van der Waals surface area contributed by atoms with Gasteiger partial charge in [-0.3, -0.25) is 9.78 Å². The predicted molar refractivity (Wildman–Crippen MR) is 90.9 cm³/mol. The van der Waals surface area contributed by atoms with Crippen molar-refractivity contribution in [1.29, 1.82) is 0 Å². The minimum absolute atomic E-state index is 0.128. The number of aliphatic hydroxyl groups excluding tert-OH is 1. The largest absolute Gasteiger partial charge is 0.495 e. The van der Waals surface area contributed by atoms with E-state index in [1.165, 1.54) is 6.20 Å². The fourth-order valence-electron chi connectivity index (χ4n) is 3.02. The van der Waals surface area contributed by atoms with E-state index in [4.69, 9.17) is 10.5 Å². The number of ether oxygens (including phenoxy) is 1. The first-order valence-electron chi connectivity index (χ1n) is 8.05. The third-order valence-electron chi connectivity index (χ3n) is 4.48. The molecule has 25 heavy (non-hydrogen) atoms. The molecule has 8 nitrogen and oxygen atoms in total. The van der Waals surface area contributed by atoms with Crippen molar-refractivity contribution in [2.45, 2.75) is 31.9 Å². The van der Waals surface area contributed by atoms with Gasteiger partial charge in [0.15, 0.2) is 0 Å². The van der Waals surface area contributed by atoms with Crippen LogP contribution in [-0.4, -0.2) is 39.2 Å². The summed E-state index contributed by atoms with van der Waals surface area (Å²) in [6, 6.07) is 1.56. The number of nitrogen functional groups attached to an aromatic ring is 1. The van der Waals surface area contributed by atoms with Crippen molar-refractivity contribution in [2.24, 2.45) is 5.92 Å². The number of aliphatic hydroxyl groups is 1. The van der Waals surface area contributed by atoms with Gasteiger partial charge in [-0.1, -0.05) is 0 Å². The summed E-state index contributed by atoms with van der Waals surface area (Å²) in [7, 11) is 1.57. The van der Waals surface area contributed by atoms with Gasteiger partial charge in [-0.15, -0.1) is 0 Å². The summed E-state index contributed by atoms with van der Waals surface area (Å²) in [4.78, 5) is 24.8. The monoisotopic (exact) mass is 343 g/mol. The zero-order valence-electron chi connectivity index (χ0n) is 14.1. The number of amides is 1. The molecule has 8 heteroatoms. The van der Waals surface area contributed by atoms with Gasteiger partial charge in [0.05, 0.1) is 36.7 Å². The summed E-state index contributed by atoms with van der Waals surface area (Å²) in [5.74, 6) is 0.586. The third-order valence-corrected chi connectivity index (χ3v) is 4.48. The molecule has 1 saturated carbocycles. The number of carbonyl (C=O) groups excluding carboxylic acids is 1. The Morgan fingerprint density at radius 3 is 2.80 bits per heavy atom. The Morgan fingerprint density at radius 2 is 2.16 bits per heavy atom. The van der Waals surface area contributed by atoms with Crippen LogP contribution in [0.5, 0.6) is 5.75 Å². The Labute approximate surface area is 145 Å². The van der Waals surface area contributed by atoms with E-state index in [1.54, 1.807) is 26.4 Å². The molecule has 2 aromatic rings. The maximum Gasteiger partial charge on any atom is 0.255 e. The molecule has 0 aliphatic heterocycles. The first kappa shape index (κ1) is 17.1. The molecule has 132 valence electrons. The summed E-state index contributed by atoms with van der Waals surface area (Å²) in [5, 5.41) is 12.7. The Balaban J connectivity index is 1.85. The van der Waals surface area contributed by atoms with Gasteiger partial charge in [-0.05, 0) is 37.3 Å². The average molecular weight is 343 g/mol. The molecular formula is C17H21N5O3. The van der Waals surface area contributed by atoms with Crippen LogP contribution in [0, 0.1) is 12.8 Å². The molecule has 3 rings (SSSR count). The van der Waals surface area contributed by atoms with E-state index in [0.29, 0.717) is 29.8 Å². The standard InChI is InChI=1S/C17H21N5O3/c1-9-14(8-20-17(18)21-9)16(24)22-15(10-3-12(23)4-10)11-5-13(25-2)7-19-6-11/h5-8,10,12,15,23H,3-4H2,1-2H3,(H,22,24)(H2,18,20,21). The molecule has 1 unspecified atom stereocenters. The number of nitrogens with two attached hydrogens (primary N) is 1. The van der Waals surface area contributed by atoms with Crippen molar-refractivity contribution in [3.63, 3.8) is 0 Å². The molecule has 0 radical (unpaired) electrons. The summed E-state index contributed by atoms with van der Waals surface area (Å²) in [6.45, 7) is 1.71. The number of hydrogen-bond acceptors (Lipinski definition) is 7. The van der Waals surface area contributed by atoms with Crippen LogP contribution in [0.15, 0.2) is 24.7 Å². The maximum atomic E-state index is 12.7. The Hall–Kier alpha value is -2.74. The number of nitrogens with zero attached hydrogens (tertiary/aromatic N) is 3. The minimum Gasteiger partial charge on any atom is -0.495 e. The average Bonchev–Trinajstić information content (AvgIpc) is 2.57. The molecule has 4 N–H and O–H groups in total. The summed E-state index contributed by atoms with van der Waals surface area (Å²) < 4.78 is 5.22. The highest BCUT2D eigenvalue weighted by atomic mass is 16.5. The van der Waals surface area contributed by atoms with Crippen molar-refractivity contribution in [3.8, 4) is 5.75 Å². The molecular weight excluding hydrogens is 322 g/mol. The fourth-order valence-corrected chi connectivity index (χ4v) is 3.02. The molecule has 0 bridgehead atoms. The number of methoxy groups -OCH3 is 1. The second-order valence-corrected chi connectivity index (χ2v) is 6.22. The van der Waals surface area contributed by atoms with E-state index < -0.39 is 0 Å². The van der Waals surface area contributed by atoms with Gasteiger partial charge in [0.2, 0.25) is 5.95 Å². The van der Waals surface area contributed by atoms with Crippen molar-refractivity contribution in [1.82, 2.24) is 20.3 Å². The minimum atomic E-state index is -0.329. The number of nitrogens with one attached hydrogen (secondary N) is 1. The quantitative estimate of drug-likeness (QED) is 0.740. The first-order chi connectivity index (χ1) is 12.0. The molecule has 1 atom stereocenters. The van der Waals surface area contributed by atoms with Crippen LogP contribution < -0.4 is 15.8 Å². The fraction of sp³-hybridized carbons (Fsp3) is 0.412. The summed E-state index contributed by atoms with van der Waals surface area (Å²) in [6.07, 6.45) is 5.65. The van der Waals surface area contributed by atoms with Gasteiger partial charge < -0.3 is 20.9 Å². The van der Waals surface area contributed by atoms with Gasteiger partial charge >= 0.3 is 0 Å². The topological polar surface area (TPSA) is 123 Å². The Bertz CT molecular complexity index is 777. The number of pyridine rings is 1. The van der Waals surface area contributed by atoms with Gasteiger partial charge in [0.25, 0.3) is 5.91 Å². The highest BCUT2D eigenvalue weighted by molar-refractivity contribution is 5.95. The van der Waals surface area contributed by atoms with E-state index in [-0.39, 0.29) is 29.9 Å². The lowest BCUT2D eigenvalue weighted by Crippen LogP contribution is -2.41. The van der Waals surface area contributed by atoms with Crippen LogP contribution in [-0.2, 0) is 0 Å². The van der Waals surface area contributed by atoms with Crippen LogP contribution in [0.1, 0.15) is 40.5 Å². The van der Waals surface area contributed by atoms with E-state index in [2.05, 4.69) is 20.3 Å². The normalized spacial score (nSPS) is 20.4. The molecule has 1 amide bonds. The van der Waals surface area contributed by atoms with Crippen molar-refractivity contribution >= 4 is 11.9 Å². The second-order valence-electron chi connectivity index (χ2n) is 6.22. The zero-order valence-corrected chi connectivity index (χ0v) is 14.1. The smallest absolute Gasteiger partial charge is 0.255 e. The lowest BCUT2D eigenvalue weighted by atomic mass is 9.75. The van der Waals surface area contributed by atoms with Crippen LogP contribution >= 0.6 is 0 Å². The number of anilines is 1. The molecule has 2 aromatic heterocycles. The highest BCUT2D eigenvalue weighted by Gasteiger charge is 2.36. The zero-order chi connectivity index (χ0) is 18.0. The lowest BCUT2D eigenvalue weighted by Gasteiger charge is -2.38. The van der Waals surface area contributed by atoms with E-state index in [1.807, 2.05) is 6.07 Å².